The van der Waals surface area contributed by atoms with Gasteiger partial charge in [-0.15, -0.1) is 0 Å². The largest absolute Gasteiger partial charge is 0.480 e. The molecule has 1 aromatic carbocycles. The number of amides is 1. The van der Waals surface area contributed by atoms with Crippen LogP contribution in [0, 0.1) is 5.41 Å². The Labute approximate surface area is 256 Å². The van der Waals surface area contributed by atoms with Crippen LogP contribution in [0.25, 0.3) is 5.57 Å². The fraction of sp³-hybridized carbons (Fsp3) is 0.548. The molecule has 44 heavy (non-hydrogen) atoms. The number of aryl methyl sites for hydroxylation is 1. The van der Waals surface area contributed by atoms with Crippen molar-refractivity contribution in [3.8, 4) is 0 Å². The molecule has 1 saturated heterocycles. The fourth-order valence-electron chi connectivity index (χ4n) is 5.61. The van der Waals surface area contributed by atoms with Gasteiger partial charge in [0.15, 0.2) is 0 Å². The third kappa shape index (κ3) is 8.13. The van der Waals surface area contributed by atoms with E-state index < -0.39 is 30.6 Å². The normalized spacial score (nSPS) is 18.5. The minimum absolute atomic E-state index is 0.138. The van der Waals surface area contributed by atoms with Gasteiger partial charge in [0.05, 0.1) is 6.54 Å². The number of benzene rings is 1. The van der Waals surface area contributed by atoms with E-state index in [2.05, 4.69) is 10.3 Å². The molecule has 0 aliphatic carbocycles. The van der Waals surface area contributed by atoms with E-state index >= 15 is 0 Å². The van der Waals surface area contributed by atoms with Crippen LogP contribution in [0.4, 0.5) is 19.3 Å². The molecule has 0 aromatic heterocycles. The zero-order valence-electron chi connectivity index (χ0n) is 25.5. The van der Waals surface area contributed by atoms with Crippen molar-refractivity contribution in [3.63, 3.8) is 0 Å². The molecule has 0 radical (unpaired) electrons. The fourth-order valence-corrected chi connectivity index (χ4v) is 5.61. The van der Waals surface area contributed by atoms with Gasteiger partial charge >= 0.3 is 12.1 Å². The Bertz CT molecular complexity index is 1350. The first-order valence-corrected chi connectivity index (χ1v) is 14.9. The van der Waals surface area contributed by atoms with Crippen LogP contribution in [-0.4, -0.2) is 85.2 Å². The van der Waals surface area contributed by atoms with Gasteiger partial charge in [0.25, 0.3) is 6.43 Å². The van der Waals surface area contributed by atoms with E-state index in [1.807, 2.05) is 0 Å². The number of alkyl halides is 2. The van der Waals surface area contributed by atoms with Crippen molar-refractivity contribution in [1.82, 2.24) is 10.2 Å². The standard InChI is InChI=1S/C31H42F2N6O5/c1-31(2,3)44-30(42)38-10-6-25(37-21-7-11-43-12-8-21)24(18-38)29(35)39-9-4-5-19-13-22(23(28(32)33)14-26(19)39)20(15-34)16-36-17-27(40)41/h13-16,21,28,35,37H,4-12,17-18,34H2,1-3H3,(H,40,41). The summed E-state index contributed by atoms with van der Waals surface area (Å²) in [6.45, 7) is 7.17. The molecule has 1 amide bonds. The average molecular weight is 617 g/mol. The van der Waals surface area contributed by atoms with Gasteiger partial charge in [0, 0.05) is 79.3 Å². The Morgan fingerprint density at radius 2 is 1.98 bits per heavy atom. The van der Waals surface area contributed by atoms with Crippen molar-refractivity contribution in [2.45, 2.75) is 70.9 Å². The molecule has 4 rings (SSSR count). The number of nitrogens with zero attached hydrogens (tertiary/aromatic N) is 3. The Morgan fingerprint density at radius 3 is 2.61 bits per heavy atom. The van der Waals surface area contributed by atoms with Crippen molar-refractivity contribution < 1.29 is 33.0 Å². The second-order valence-corrected chi connectivity index (χ2v) is 12.1. The molecule has 13 heteroatoms. The molecule has 3 aliphatic rings. The van der Waals surface area contributed by atoms with Crippen molar-refractivity contribution in [2.75, 3.05) is 44.3 Å². The van der Waals surface area contributed by atoms with Crippen molar-refractivity contribution in [2.24, 2.45) is 10.7 Å². The summed E-state index contributed by atoms with van der Waals surface area (Å²) in [6, 6.07) is 3.18. The second kappa shape index (κ2) is 14.2. The Hall–Kier alpha value is -4.00. The summed E-state index contributed by atoms with van der Waals surface area (Å²) in [6.07, 6.45) is 2.39. The molecule has 0 unspecified atom stereocenters. The number of anilines is 1. The highest BCUT2D eigenvalue weighted by Crippen LogP contribution is 2.38. The first-order valence-electron chi connectivity index (χ1n) is 14.9. The summed E-state index contributed by atoms with van der Waals surface area (Å²) in [5.41, 5.74) is 7.85. The predicted octanol–water partition coefficient (Wildman–Crippen LogP) is 4.47. The highest BCUT2D eigenvalue weighted by atomic mass is 19.3. The molecule has 1 fully saturated rings. The summed E-state index contributed by atoms with van der Waals surface area (Å²) in [4.78, 5) is 31.1. The van der Waals surface area contributed by atoms with Gasteiger partial charge in [0.2, 0.25) is 0 Å². The van der Waals surface area contributed by atoms with Gasteiger partial charge in [-0.1, -0.05) is 0 Å². The number of nitrogens with one attached hydrogen (secondary N) is 2. The van der Waals surface area contributed by atoms with Gasteiger partial charge in [-0.2, -0.15) is 0 Å². The number of carboxylic acids is 1. The molecule has 0 atom stereocenters. The number of carboxylic acid groups (broad SMARTS) is 1. The quantitative estimate of drug-likeness (QED) is 0.247. The third-order valence-corrected chi connectivity index (χ3v) is 7.70. The van der Waals surface area contributed by atoms with E-state index in [9.17, 15) is 23.8 Å². The SMILES string of the molecule is CC(C)(C)OC(=O)N1CCC(NC2CCOCC2)=C(C(=N)N2CCCc3cc(C(C=NCC(=O)O)=CN)c(C(F)F)cc32)C1. The molecule has 3 heterocycles. The lowest BCUT2D eigenvalue weighted by atomic mass is 9.91. The molecule has 240 valence electrons. The Kier molecular flexibility index (Phi) is 10.6. The molecular weight excluding hydrogens is 574 g/mol. The van der Waals surface area contributed by atoms with Gasteiger partial charge in [-0.25, -0.2) is 13.6 Å². The minimum Gasteiger partial charge on any atom is -0.480 e. The second-order valence-electron chi connectivity index (χ2n) is 12.1. The predicted molar refractivity (Wildman–Crippen MR) is 164 cm³/mol. The lowest BCUT2D eigenvalue weighted by Crippen LogP contribution is -2.48. The molecule has 1 aromatic rings. The average Bonchev–Trinajstić information content (AvgIpc) is 2.97. The summed E-state index contributed by atoms with van der Waals surface area (Å²) in [5.74, 6) is -1.02. The molecule has 0 saturated carbocycles. The Balaban J connectivity index is 1.71. The zero-order chi connectivity index (χ0) is 32.0. The topological polar surface area (TPSA) is 154 Å². The molecule has 3 aliphatic heterocycles. The summed E-state index contributed by atoms with van der Waals surface area (Å²) in [5, 5.41) is 21.9. The van der Waals surface area contributed by atoms with E-state index in [0.29, 0.717) is 56.8 Å². The van der Waals surface area contributed by atoms with Crippen LogP contribution in [0.15, 0.2) is 34.6 Å². The van der Waals surface area contributed by atoms with Gasteiger partial charge in [-0.05, 0) is 69.7 Å². The number of carbonyl (C=O) groups excluding carboxylic acids is 1. The zero-order valence-corrected chi connectivity index (χ0v) is 25.5. The molecule has 11 nitrogen and oxygen atoms in total. The number of aliphatic carboxylic acids is 1. The number of halogens is 2. The van der Waals surface area contributed by atoms with Crippen LogP contribution >= 0.6 is 0 Å². The molecule has 0 bridgehead atoms. The maximum Gasteiger partial charge on any atom is 0.410 e. The lowest BCUT2D eigenvalue weighted by Gasteiger charge is -2.38. The lowest BCUT2D eigenvalue weighted by molar-refractivity contribution is -0.135. The first kappa shape index (κ1) is 32.9. The number of nitrogens with two attached hydrogens (primary N) is 1. The van der Waals surface area contributed by atoms with Crippen LogP contribution in [-0.2, 0) is 20.7 Å². The third-order valence-electron chi connectivity index (χ3n) is 7.70. The first-order chi connectivity index (χ1) is 20.9. The van der Waals surface area contributed by atoms with E-state index in [4.69, 9.17) is 20.3 Å². The van der Waals surface area contributed by atoms with Crippen molar-refractivity contribution in [1.29, 1.82) is 5.41 Å². The maximum absolute atomic E-state index is 14.5. The molecule has 5 N–H and O–H groups in total. The number of ether oxygens (including phenoxy) is 2. The van der Waals surface area contributed by atoms with E-state index in [-0.39, 0.29) is 35.1 Å². The number of aliphatic imine (C=N–C) groups is 1. The van der Waals surface area contributed by atoms with Crippen LogP contribution in [0.5, 0.6) is 0 Å². The number of carbonyl (C=O) groups is 2. The van der Waals surface area contributed by atoms with Gasteiger partial charge in [-0.3, -0.25) is 15.2 Å². The van der Waals surface area contributed by atoms with Crippen LogP contribution < -0.4 is 16.0 Å². The van der Waals surface area contributed by atoms with Crippen LogP contribution in [0.3, 0.4) is 0 Å². The van der Waals surface area contributed by atoms with Crippen LogP contribution in [0.2, 0.25) is 0 Å². The van der Waals surface area contributed by atoms with Crippen LogP contribution in [0.1, 0.15) is 69.6 Å². The number of fused-ring (bicyclic) bond motifs is 1. The highest BCUT2D eigenvalue weighted by Gasteiger charge is 2.33. The van der Waals surface area contributed by atoms with E-state index in [0.717, 1.165) is 30.3 Å². The monoisotopic (exact) mass is 616 g/mol. The number of hydrogen-bond acceptors (Lipinski definition) is 8. The van der Waals surface area contributed by atoms with Crippen molar-refractivity contribution in [3.05, 3.63) is 46.3 Å². The van der Waals surface area contributed by atoms with E-state index in [1.165, 1.54) is 12.3 Å². The number of allylic oxidation sites excluding steroid dienone is 1. The molecule has 0 spiro atoms. The van der Waals surface area contributed by atoms with Gasteiger partial charge < -0.3 is 35.4 Å². The number of rotatable bonds is 8. The smallest absolute Gasteiger partial charge is 0.410 e. The van der Waals surface area contributed by atoms with E-state index in [1.54, 1.807) is 36.6 Å². The summed E-state index contributed by atoms with van der Waals surface area (Å²) >= 11 is 0. The number of amidine groups is 1. The number of hydrogen-bond donors (Lipinski definition) is 4. The minimum atomic E-state index is -2.86. The molecular formula is C31H42F2N6O5. The summed E-state index contributed by atoms with van der Waals surface area (Å²) < 4.78 is 40.0. The Morgan fingerprint density at radius 1 is 1.25 bits per heavy atom. The summed E-state index contributed by atoms with van der Waals surface area (Å²) in [7, 11) is 0. The highest BCUT2D eigenvalue weighted by molar-refractivity contribution is 6.12. The van der Waals surface area contributed by atoms with Gasteiger partial charge in [0.1, 0.15) is 18.0 Å². The maximum atomic E-state index is 14.5. The van der Waals surface area contributed by atoms with Crippen molar-refractivity contribution >= 4 is 35.4 Å².